The van der Waals surface area contributed by atoms with Gasteiger partial charge >= 0.3 is 0 Å². The van der Waals surface area contributed by atoms with Crippen LogP contribution in [-0.2, 0) is 6.42 Å². The van der Waals surface area contributed by atoms with E-state index in [0.29, 0.717) is 17.5 Å². The molecule has 1 heterocycles. The number of aromatic nitrogens is 2. The average Bonchev–Trinajstić information content (AvgIpc) is 2.54. The van der Waals surface area contributed by atoms with E-state index in [-0.39, 0.29) is 0 Å². The van der Waals surface area contributed by atoms with Crippen molar-refractivity contribution in [2.45, 2.75) is 26.7 Å². The second-order valence-corrected chi connectivity index (χ2v) is 6.97. The second kappa shape index (κ2) is 6.16. The van der Waals surface area contributed by atoms with Crippen molar-refractivity contribution in [1.29, 1.82) is 0 Å². The summed E-state index contributed by atoms with van der Waals surface area (Å²) in [7, 11) is 0. The number of nitrogens with zero attached hydrogens (tertiary/aromatic N) is 3. The van der Waals surface area contributed by atoms with Gasteiger partial charge in [0.25, 0.3) is 0 Å². The maximum atomic E-state index is 9.37. The molecule has 1 aliphatic carbocycles. The van der Waals surface area contributed by atoms with Crippen molar-refractivity contribution in [1.82, 2.24) is 10.2 Å². The molecular formula is C17H18BrN3O. The van der Waals surface area contributed by atoms with Crippen LogP contribution in [0.25, 0.3) is 11.3 Å². The fraction of sp³-hybridized carbons (Fsp3) is 0.353. The predicted molar refractivity (Wildman–Crippen MR) is 90.1 cm³/mol. The van der Waals surface area contributed by atoms with Gasteiger partial charge in [-0.3, -0.25) is 0 Å². The topological polar surface area (TPSA) is 58.4 Å². The van der Waals surface area contributed by atoms with Gasteiger partial charge in [0, 0.05) is 15.6 Å². The molecule has 4 nitrogen and oxygen atoms in total. The lowest BCUT2D eigenvalue weighted by Crippen LogP contribution is -2.26. The third-order valence-electron chi connectivity index (χ3n) is 4.30. The van der Waals surface area contributed by atoms with E-state index < -0.39 is 0 Å². The summed E-state index contributed by atoms with van der Waals surface area (Å²) in [5.74, 6) is 0.976. The number of benzene rings is 1. The number of rotatable bonds is 2. The molecule has 1 atom stereocenters. The Labute approximate surface area is 138 Å². The lowest BCUT2D eigenvalue weighted by molar-refractivity contribution is 0.310. The fourth-order valence-corrected chi connectivity index (χ4v) is 3.09. The van der Waals surface area contributed by atoms with Crippen LogP contribution < -0.4 is 0 Å². The van der Waals surface area contributed by atoms with Crippen LogP contribution in [0.4, 0.5) is 0 Å². The van der Waals surface area contributed by atoms with E-state index in [4.69, 9.17) is 0 Å². The fourth-order valence-electron chi connectivity index (χ4n) is 2.82. The Hall–Kier alpha value is -1.75. The van der Waals surface area contributed by atoms with Crippen LogP contribution in [0.15, 0.2) is 40.0 Å². The summed E-state index contributed by atoms with van der Waals surface area (Å²) in [6.07, 6.45) is 1.67. The summed E-state index contributed by atoms with van der Waals surface area (Å²) >= 11 is 3.43. The lowest BCUT2D eigenvalue weighted by atomic mass is 9.79. The summed E-state index contributed by atoms with van der Waals surface area (Å²) in [5.41, 5.74) is 4.37. The minimum absolute atomic E-state index is 0.450. The zero-order valence-corrected chi connectivity index (χ0v) is 14.2. The highest BCUT2D eigenvalue weighted by Gasteiger charge is 2.28. The van der Waals surface area contributed by atoms with Gasteiger partial charge in [-0.2, -0.15) is 10.2 Å². The zero-order valence-electron chi connectivity index (χ0n) is 12.6. The van der Waals surface area contributed by atoms with Crippen molar-refractivity contribution in [3.8, 4) is 11.3 Å². The normalized spacial score (nSPS) is 19.5. The van der Waals surface area contributed by atoms with Gasteiger partial charge in [-0.1, -0.05) is 47.1 Å². The molecule has 3 rings (SSSR count). The molecule has 0 amide bonds. The molecule has 5 heteroatoms. The molecule has 1 N–H and O–H groups in total. The molecule has 0 aliphatic heterocycles. The molecule has 0 saturated carbocycles. The molecule has 2 aromatic rings. The van der Waals surface area contributed by atoms with Crippen molar-refractivity contribution in [3.05, 3.63) is 46.1 Å². The summed E-state index contributed by atoms with van der Waals surface area (Å²) in [5, 5.41) is 21.6. The smallest absolute Gasteiger partial charge is 0.0936 e. The molecule has 1 unspecified atom stereocenters. The predicted octanol–water partition coefficient (Wildman–Crippen LogP) is 4.30. The number of oxime groups is 1. The second-order valence-electron chi connectivity index (χ2n) is 6.06. The third kappa shape index (κ3) is 2.90. The van der Waals surface area contributed by atoms with Gasteiger partial charge in [-0.15, -0.1) is 0 Å². The monoisotopic (exact) mass is 359 g/mol. The molecule has 1 aromatic heterocycles. The largest absolute Gasteiger partial charge is 0.411 e. The lowest BCUT2D eigenvalue weighted by Gasteiger charge is -2.27. The molecule has 114 valence electrons. The van der Waals surface area contributed by atoms with Gasteiger partial charge in [-0.25, -0.2) is 0 Å². The summed E-state index contributed by atoms with van der Waals surface area (Å²) < 4.78 is 1.03. The van der Waals surface area contributed by atoms with Gasteiger partial charge in [0.05, 0.1) is 17.1 Å². The van der Waals surface area contributed by atoms with Crippen LogP contribution in [0.3, 0.4) is 0 Å². The Balaban J connectivity index is 2.01. The van der Waals surface area contributed by atoms with Crippen molar-refractivity contribution in [2.75, 3.05) is 0 Å². The Morgan fingerprint density at radius 2 is 1.91 bits per heavy atom. The first-order chi connectivity index (χ1) is 10.6. The van der Waals surface area contributed by atoms with Crippen LogP contribution in [0, 0.1) is 11.8 Å². The van der Waals surface area contributed by atoms with E-state index in [1.54, 1.807) is 0 Å². The number of hydrogen-bond donors (Lipinski definition) is 1. The third-order valence-corrected chi connectivity index (χ3v) is 4.82. The van der Waals surface area contributed by atoms with E-state index in [2.05, 4.69) is 45.1 Å². The summed E-state index contributed by atoms with van der Waals surface area (Å²) in [6, 6.07) is 9.93. The first kappa shape index (κ1) is 15.2. The molecule has 0 fully saturated rings. The molecular weight excluding hydrogens is 342 g/mol. The summed E-state index contributed by atoms with van der Waals surface area (Å²) in [6.45, 7) is 4.38. The highest BCUT2D eigenvalue weighted by Crippen LogP contribution is 2.31. The van der Waals surface area contributed by atoms with Crippen molar-refractivity contribution in [3.63, 3.8) is 0 Å². The van der Waals surface area contributed by atoms with Gasteiger partial charge in [0.1, 0.15) is 0 Å². The highest BCUT2D eigenvalue weighted by atomic mass is 79.9. The van der Waals surface area contributed by atoms with Gasteiger partial charge < -0.3 is 5.21 Å². The molecule has 0 spiro atoms. The van der Waals surface area contributed by atoms with Crippen molar-refractivity contribution < 1.29 is 5.21 Å². The Morgan fingerprint density at radius 3 is 2.55 bits per heavy atom. The first-order valence-electron chi connectivity index (χ1n) is 7.42. The number of hydrogen-bond acceptors (Lipinski definition) is 4. The Bertz CT molecular complexity index is 710. The van der Waals surface area contributed by atoms with Crippen LogP contribution in [-0.4, -0.2) is 21.1 Å². The van der Waals surface area contributed by atoms with Gasteiger partial charge in [0.15, 0.2) is 0 Å². The molecule has 22 heavy (non-hydrogen) atoms. The van der Waals surface area contributed by atoms with Crippen molar-refractivity contribution >= 4 is 21.6 Å². The van der Waals surface area contributed by atoms with Gasteiger partial charge in [-0.05, 0) is 42.9 Å². The maximum Gasteiger partial charge on any atom is 0.0936 e. The molecule has 1 aromatic carbocycles. The van der Waals surface area contributed by atoms with Crippen LogP contribution in [0.2, 0.25) is 0 Å². The first-order valence-corrected chi connectivity index (χ1v) is 8.21. The van der Waals surface area contributed by atoms with E-state index in [1.807, 2.05) is 30.3 Å². The molecule has 0 saturated heterocycles. The van der Waals surface area contributed by atoms with Crippen LogP contribution >= 0.6 is 15.9 Å². The summed E-state index contributed by atoms with van der Waals surface area (Å²) in [4.78, 5) is 0. The molecule has 0 bridgehead atoms. The molecule has 0 radical (unpaired) electrons. The molecule has 1 aliphatic rings. The van der Waals surface area contributed by atoms with E-state index in [0.717, 1.165) is 39.8 Å². The Kier molecular flexibility index (Phi) is 4.25. The van der Waals surface area contributed by atoms with Crippen LogP contribution in [0.1, 0.15) is 31.5 Å². The highest BCUT2D eigenvalue weighted by molar-refractivity contribution is 9.10. The van der Waals surface area contributed by atoms with E-state index in [1.165, 1.54) is 0 Å². The zero-order chi connectivity index (χ0) is 15.7. The number of halogens is 1. The number of fused-ring (bicyclic) bond motifs is 1. The average molecular weight is 360 g/mol. The maximum absolute atomic E-state index is 9.37. The quantitative estimate of drug-likeness (QED) is 0.642. The van der Waals surface area contributed by atoms with Gasteiger partial charge in [0.2, 0.25) is 0 Å². The SMILES string of the molecule is CC(C)C1C/C(=N\O)c2cc(-c3ccc(Br)cc3)nnc2C1. The van der Waals surface area contributed by atoms with E-state index in [9.17, 15) is 5.21 Å². The van der Waals surface area contributed by atoms with Crippen LogP contribution in [0.5, 0.6) is 0 Å². The van der Waals surface area contributed by atoms with E-state index >= 15 is 0 Å². The minimum atomic E-state index is 0.450. The minimum Gasteiger partial charge on any atom is -0.411 e. The van der Waals surface area contributed by atoms with Crippen molar-refractivity contribution in [2.24, 2.45) is 17.0 Å². The Morgan fingerprint density at radius 1 is 1.18 bits per heavy atom. The standard InChI is InChI=1S/C17H18BrN3O/c1-10(2)12-7-16-14(17(8-12)21-22)9-15(19-20-16)11-3-5-13(18)6-4-11/h3-6,9-10,12,22H,7-8H2,1-2H3/b21-17+.